The van der Waals surface area contributed by atoms with E-state index >= 15 is 0 Å². The molecule has 2 rings (SSSR count). The molecule has 1 amide bonds. The standard InChI is InChI=1S/C16H13ClN2O4/c17-12-3-1-11(9-20)13(7-12)10-2-4-14(19-8-10)16(23)18-6-5-15(21)22/h1-4,7-9H,5-6H2,(H,18,23)(H,21,22). The molecule has 0 aliphatic carbocycles. The zero-order valence-corrected chi connectivity index (χ0v) is 12.7. The van der Waals surface area contributed by atoms with E-state index in [4.69, 9.17) is 16.7 Å². The SMILES string of the molecule is O=Cc1ccc(Cl)cc1-c1ccc(C(=O)NCCC(=O)O)nc1. The first-order valence-corrected chi connectivity index (χ1v) is 7.10. The van der Waals surface area contributed by atoms with Crippen LogP contribution in [0, 0.1) is 0 Å². The van der Waals surface area contributed by atoms with Crippen LogP contribution in [-0.2, 0) is 4.79 Å². The zero-order chi connectivity index (χ0) is 16.8. The maximum absolute atomic E-state index is 11.8. The molecule has 2 aromatic rings. The van der Waals surface area contributed by atoms with Crippen molar-refractivity contribution in [3.8, 4) is 11.1 Å². The van der Waals surface area contributed by atoms with Gasteiger partial charge in [-0.2, -0.15) is 0 Å². The van der Waals surface area contributed by atoms with E-state index < -0.39 is 11.9 Å². The monoisotopic (exact) mass is 332 g/mol. The number of aliphatic carboxylic acids is 1. The summed E-state index contributed by atoms with van der Waals surface area (Å²) in [6.07, 6.45) is 2.03. The highest BCUT2D eigenvalue weighted by atomic mass is 35.5. The van der Waals surface area contributed by atoms with E-state index in [-0.39, 0.29) is 18.7 Å². The van der Waals surface area contributed by atoms with Gasteiger partial charge in [0.25, 0.3) is 5.91 Å². The van der Waals surface area contributed by atoms with Gasteiger partial charge >= 0.3 is 5.97 Å². The van der Waals surface area contributed by atoms with Gasteiger partial charge in [0.2, 0.25) is 0 Å². The van der Waals surface area contributed by atoms with Crippen molar-refractivity contribution in [2.24, 2.45) is 0 Å². The Hall–Kier alpha value is -2.73. The summed E-state index contributed by atoms with van der Waals surface area (Å²) in [7, 11) is 0. The van der Waals surface area contributed by atoms with Crippen molar-refractivity contribution in [1.29, 1.82) is 0 Å². The number of nitrogens with zero attached hydrogens (tertiary/aromatic N) is 1. The number of amides is 1. The molecule has 1 aromatic heterocycles. The molecule has 1 aromatic carbocycles. The quantitative estimate of drug-likeness (QED) is 0.792. The van der Waals surface area contributed by atoms with Crippen molar-refractivity contribution in [1.82, 2.24) is 10.3 Å². The van der Waals surface area contributed by atoms with Gasteiger partial charge in [0.1, 0.15) is 5.69 Å². The Kier molecular flexibility index (Phi) is 5.43. The largest absolute Gasteiger partial charge is 0.481 e. The molecule has 7 heteroatoms. The number of aromatic nitrogens is 1. The minimum absolute atomic E-state index is 0.0289. The number of aldehydes is 1. The molecule has 0 aliphatic heterocycles. The third-order valence-corrected chi connectivity index (χ3v) is 3.31. The van der Waals surface area contributed by atoms with E-state index in [2.05, 4.69) is 10.3 Å². The summed E-state index contributed by atoms with van der Waals surface area (Å²) in [6.45, 7) is 0.0289. The number of carbonyl (C=O) groups excluding carboxylic acids is 2. The average molecular weight is 333 g/mol. The summed E-state index contributed by atoms with van der Waals surface area (Å²) in [5, 5.41) is 11.5. The first-order valence-electron chi connectivity index (χ1n) is 6.72. The van der Waals surface area contributed by atoms with Crippen molar-refractivity contribution in [3.05, 3.63) is 52.8 Å². The number of hydrogen-bond acceptors (Lipinski definition) is 4. The van der Waals surface area contributed by atoms with Gasteiger partial charge in [-0.3, -0.25) is 19.4 Å². The molecule has 0 aliphatic rings. The smallest absolute Gasteiger partial charge is 0.305 e. The predicted octanol–water partition coefficient (Wildman–Crippen LogP) is 2.42. The molecule has 6 nitrogen and oxygen atoms in total. The summed E-state index contributed by atoms with van der Waals surface area (Å²) in [4.78, 5) is 37.3. The lowest BCUT2D eigenvalue weighted by molar-refractivity contribution is -0.136. The average Bonchev–Trinajstić information content (AvgIpc) is 2.54. The second-order valence-electron chi connectivity index (χ2n) is 4.68. The van der Waals surface area contributed by atoms with E-state index in [1.165, 1.54) is 12.3 Å². The molecule has 0 radical (unpaired) electrons. The fraction of sp³-hybridized carbons (Fsp3) is 0.125. The van der Waals surface area contributed by atoms with E-state index in [0.29, 0.717) is 21.7 Å². The topological polar surface area (TPSA) is 96.4 Å². The molecule has 118 valence electrons. The van der Waals surface area contributed by atoms with E-state index in [0.717, 1.165) is 6.29 Å². The van der Waals surface area contributed by atoms with Gasteiger partial charge in [-0.25, -0.2) is 0 Å². The lowest BCUT2D eigenvalue weighted by atomic mass is 10.0. The van der Waals surface area contributed by atoms with Crippen molar-refractivity contribution in [3.63, 3.8) is 0 Å². The first kappa shape index (κ1) is 16.6. The molecule has 0 saturated carbocycles. The second kappa shape index (κ2) is 7.51. The van der Waals surface area contributed by atoms with Gasteiger partial charge in [-0.1, -0.05) is 17.7 Å². The van der Waals surface area contributed by atoms with Crippen LogP contribution in [0.25, 0.3) is 11.1 Å². The zero-order valence-electron chi connectivity index (χ0n) is 12.0. The van der Waals surface area contributed by atoms with Crippen LogP contribution in [0.3, 0.4) is 0 Å². The van der Waals surface area contributed by atoms with E-state index in [1.807, 2.05) is 0 Å². The highest BCUT2D eigenvalue weighted by Gasteiger charge is 2.10. The molecule has 0 unspecified atom stereocenters. The molecular weight excluding hydrogens is 320 g/mol. The third-order valence-electron chi connectivity index (χ3n) is 3.07. The van der Waals surface area contributed by atoms with Gasteiger partial charge < -0.3 is 10.4 Å². The third kappa shape index (κ3) is 4.37. The molecule has 0 spiro atoms. The maximum atomic E-state index is 11.8. The number of pyridine rings is 1. The summed E-state index contributed by atoms with van der Waals surface area (Å²) in [5.74, 6) is -1.45. The van der Waals surface area contributed by atoms with Crippen molar-refractivity contribution < 1.29 is 19.5 Å². The van der Waals surface area contributed by atoms with Crippen molar-refractivity contribution in [2.45, 2.75) is 6.42 Å². The first-order chi connectivity index (χ1) is 11.0. The predicted molar refractivity (Wildman–Crippen MR) is 84.7 cm³/mol. The fourth-order valence-electron chi connectivity index (χ4n) is 1.94. The van der Waals surface area contributed by atoms with Crippen LogP contribution < -0.4 is 5.32 Å². The van der Waals surface area contributed by atoms with Crippen LogP contribution in [0.2, 0.25) is 5.02 Å². The Bertz CT molecular complexity index is 744. The summed E-state index contributed by atoms with van der Waals surface area (Å²) in [6, 6.07) is 8.03. The molecule has 0 bridgehead atoms. The van der Waals surface area contributed by atoms with Gasteiger partial charge in [0.05, 0.1) is 6.42 Å². The Morgan fingerprint density at radius 2 is 2.04 bits per heavy atom. The molecule has 23 heavy (non-hydrogen) atoms. The normalized spacial score (nSPS) is 10.1. The van der Waals surface area contributed by atoms with Crippen molar-refractivity contribution >= 4 is 29.8 Å². The molecule has 2 N–H and O–H groups in total. The molecule has 0 fully saturated rings. The van der Waals surface area contributed by atoms with E-state index in [9.17, 15) is 14.4 Å². The minimum atomic E-state index is -0.990. The Labute approximate surface area is 137 Å². The second-order valence-corrected chi connectivity index (χ2v) is 5.12. The number of benzene rings is 1. The van der Waals surface area contributed by atoms with Crippen LogP contribution in [0.1, 0.15) is 27.3 Å². The van der Waals surface area contributed by atoms with Gasteiger partial charge in [0, 0.05) is 28.9 Å². The van der Waals surface area contributed by atoms with Crippen LogP contribution in [0.15, 0.2) is 36.5 Å². The molecule has 0 atom stereocenters. The number of carboxylic acids is 1. The van der Waals surface area contributed by atoms with Crippen LogP contribution in [-0.4, -0.2) is 34.8 Å². The maximum Gasteiger partial charge on any atom is 0.305 e. The van der Waals surface area contributed by atoms with Crippen LogP contribution in [0.4, 0.5) is 0 Å². The number of carboxylic acid groups (broad SMARTS) is 1. The number of hydrogen-bond donors (Lipinski definition) is 2. The fourth-order valence-corrected chi connectivity index (χ4v) is 2.11. The molecule has 1 heterocycles. The number of halogens is 1. The lowest BCUT2D eigenvalue weighted by Crippen LogP contribution is -2.26. The van der Waals surface area contributed by atoms with Crippen molar-refractivity contribution in [2.75, 3.05) is 6.54 Å². The summed E-state index contributed by atoms with van der Waals surface area (Å²) >= 11 is 5.94. The van der Waals surface area contributed by atoms with Crippen LogP contribution >= 0.6 is 11.6 Å². The Morgan fingerprint density at radius 1 is 1.26 bits per heavy atom. The number of carbonyl (C=O) groups is 3. The highest BCUT2D eigenvalue weighted by Crippen LogP contribution is 2.25. The number of rotatable bonds is 6. The highest BCUT2D eigenvalue weighted by molar-refractivity contribution is 6.31. The number of nitrogens with one attached hydrogen (secondary N) is 1. The minimum Gasteiger partial charge on any atom is -0.481 e. The van der Waals surface area contributed by atoms with Gasteiger partial charge in [0.15, 0.2) is 6.29 Å². The Morgan fingerprint density at radius 3 is 2.65 bits per heavy atom. The van der Waals surface area contributed by atoms with Gasteiger partial charge in [-0.15, -0.1) is 0 Å². The lowest BCUT2D eigenvalue weighted by Gasteiger charge is -2.07. The van der Waals surface area contributed by atoms with E-state index in [1.54, 1.807) is 24.3 Å². The summed E-state index contributed by atoms with van der Waals surface area (Å²) in [5.41, 5.74) is 1.90. The van der Waals surface area contributed by atoms with Crippen LogP contribution in [0.5, 0.6) is 0 Å². The summed E-state index contributed by atoms with van der Waals surface area (Å²) < 4.78 is 0. The molecular formula is C16H13ClN2O4. The Balaban J connectivity index is 2.16. The van der Waals surface area contributed by atoms with Gasteiger partial charge in [-0.05, 0) is 29.8 Å². The molecule has 0 saturated heterocycles.